The zero-order valence-corrected chi connectivity index (χ0v) is 32.1. The summed E-state index contributed by atoms with van der Waals surface area (Å²) >= 11 is 5.49. The molecule has 0 saturated carbocycles. The number of aryl methyl sites for hydroxylation is 2. The number of piperazine rings is 2. The Morgan fingerprint density at radius 2 is 1.06 bits per heavy atom. The van der Waals surface area contributed by atoms with Gasteiger partial charge in [0.1, 0.15) is 17.2 Å². The van der Waals surface area contributed by atoms with Crippen molar-refractivity contribution in [2.45, 2.75) is 26.9 Å². The average Bonchev–Trinajstić information content (AvgIpc) is 3.09. The molecule has 0 aliphatic carbocycles. The number of nitrogens with zero attached hydrogens (tertiary/aromatic N) is 6. The van der Waals surface area contributed by atoms with Crippen LogP contribution in [0.25, 0.3) is 21.8 Å². The summed E-state index contributed by atoms with van der Waals surface area (Å²) in [5, 5.41) is 8.63. The molecule has 0 bridgehead atoms. The summed E-state index contributed by atoms with van der Waals surface area (Å²) in [6.07, 6.45) is 2.78. The molecule has 1 N–H and O–H groups in total. The smallest absolute Gasteiger partial charge is 0.341 e. The number of carbonyl (C=O) groups excluding carboxylic acids is 1. The third kappa shape index (κ3) is 9.49. The predicted octanol–water partition coefficient (Wildman–Crippen LogP) is 4.94. The summed E-state index contributed by atoms with van der Waals surface area (Å²) in [4.78, 5) is 55.8. The highest BCUT2D eigenvalue weighted by atomic mass is 36.0. The van der Waals surface area contributed by atoms with Crippen LogP contribution in [0.2, 0.25) is 0 Å². The molecule has 6 rings (SSSR count). The lowest BCUT2D eigenvalue weighted by atomic mass is 10.1. The number of hydrogen-bond donors (Lipinski definition) is 1. The van der Waals surface area contributed by atoms with E-state index in [2.05, 4.69) is 31.2 Å². The van der Waals surface area contributed by atoms with Gasteiger partial charge in [0.05, 0.1) is 28.0 Å². The van der Waals surface area contributed by atoms with Crippen molar-refractivity contribution in [2.24, 2.45) is 0 Å². The highest BCUT2D eigenvalue weighted by Crippen LogP contribution is 2.28. The number of carboxylic acids is 1. The van der Waals surface area contributed by atoms with E-state index in [1.54, 1.807) is 21.3 Å². The Labute approximate surface area is 315 Å². The summed E-state index contributed by atoms with van der Waals surface area (Å²) in [5.74, 6) is -2.24. The van der Waals surface area contributed by atoms with Crippen LogP contribution in [0.5, 0.6) is 0 Å². The number of rotatable bonds is 6. The van der Waals surface area contributed by atoms with Gasteiger partial charge < -0.3 is 33.8 Å². The number of benzene rings is 2. The van der Waals surface area contributed by atoms with Crippen molar-refractivity contribution in [2.75, 3.05) is 76.3 Å². The number of hydrogen-bond acceptors (Lipinski definition) is 9. The minimum Gasteiger partial charge on any atom is -0.477 e. The zero-order chi connectivity index (χ0) is 38.4. The van der Waals surface area contributed by atoms with Gasteiger partial charge in [0.15, 0.2) is 0 Å². The molecule has 0 atom stereocenters. The predicted molar refractivity (Wildman–Crippen MR) is 204 cm³/mol. The van der Waals surface area contributed by atoms with Gasteiger partial charge >= 0.3 is 5.97 Å². The first-order valence-corrected chi connectivity index (χ1v) is 19.5. The van der Waals surface area contributed by atoms with E-state index in [0.29, 0.717) is 48.6 Å². The maximum Gasteiger partial charge on any atom is 0.341 e. The fourth-order valence-corrected chi connectivity index (χ4v) is 6.33. The first-order chi connectivity index (χ1) is 24.6. The van der Waals surface area contributed by atoms with Crippen LogP contribution in [-0.4, -0.2) is 106 Å². The van der Waals surface area contributed by atoms with Crippen molar-refractivity contribution in [1.29, 1.82) is 0 Å². The third-order valence-electron chi connectivity index (χ3n) is 9.11. The maximum absolute atomic E-state index is 14.6. The topological polar surface area (TPSA) is 128 Å². The molecular formula is C34H39Cl3F2N6O6S. The molecule has 282 valence electrons. The lowest BCUT2D eigenvalue weighted by Crippen LogP contribution is -2.44. The number of aromatic carboxylic acids is 1. The number of aromatic nitrogens is 2. The van der Waals surface area contributed by atoms with Crippen molar-refractivity contribution in [3.8, 4) is 0 Å². The van der Waals surface area contributed by atoms with Gasteiger partial charge in [-0.3, -0.25) is 14.4 Å². The van der Waals surface area contributed by atoms with Crippen molar-refractivity contribution in [3.63, 3.8) is 0 Å². The van der Waals surface area contributed by atoms with Gasteiger partial charge in [0, 0.05) is 110 Å². The summed E-state index contributed by atoms with van der Waals surface area (Å²) in [7, 11) is 11.4. The summed E-state index contributed by atoms with van der Waals surface area (Å²) in [6.45, 7) is 11.1. The maximum atomic E-state index is 14.6. The van der Waals surface area contributed by atoms with E-state index >= 15 is 0 Å². The van der Waals surface area contributed by atoms with Crippen molar-refractivity contribution >= 4 is 86.6 Å². The molecule has 2 saturated heterocycles. The number of anilines is 2. The van der Waals surface area contributed by atoms with Crippen LogP contribution in [0.4, 0.5) is 20.2 Å². The van der Waals surface area contributed by atoms with E-state index < -0.39 is 42.9 Å². The van der Waals surface area contributed by atoms with Gasteiger partial charge in [-0.2, -0.15) is 0 Å². The standard InChI is InChI=1S/C17H19ClFN3O2.C17H20FN3O3.Cl2OS/c1-3-21-10-12(17(18)24)16(23)11-8-13(19)15(9-14(11)21)22-6-4-20(2)5-7-22;1-3-20-10-12(17(23)24)16(22)11-8-13(18)15(9-14(11)20)21-6-4-19(2)5-7-21;1-4(2)3/h8-10H,3-7H2,1-2H3;8-10H,3-7H2,1-2H3,(H,23,24);. The molecule has 2 aliphatic heterocycles. The number of carboxylic acid groups (broad SMARTS) is 1. The van der Waals surface area contributed by atoms with E-state index in [0.717, 1.165) is 39.3 Å². The molecule has 0 unspecified atom stereocenters. The number of likely N-dealkylation sites (N-methyl/N-ethyl adjacent to an activating group) is 2. The van der Waals surface area contributed by atoms with Gasteiger partial charge in [0.25, 0.3) is 5.24 Å². The summed E-state index contributed by atoms with van der Waals surface area (Å²) < 4.78 is 41.7. The molecule has 2 aliphatic rings. The Hall–Kier alpha value is -3.60. The molecule has 4 aromatic rings. The SMILES string of the molecule is CCn1cc(C(=O)Cl)c(=O)c2cc(F)c(N3CCN(C)CC3)cc21.CCn1cc(C(=O)O)c(=O)c2cc(F)c(N3CCN(C)CC3)cc21.O=S(Cl)Cl. The summed E-state index contributed by atoms with van der Waals surface area (Å²) in [5.41, 5.74) is 0.475. The van der Waals surface area contributed by atoms with Crippen molar-refractivity contribution in [3.05, 3.63) is 79.9 Å². The fourth-order valence-electron chi connectivity index (χ4n) is 6.19. The van der Waals surface area contributed by atoms with Crippen LogP contribution in [-0.2, 0) is 22.3 Å². The van der Waals surface area contributed by atoms with E-state index in [1.807, 2.05) is 37.7 Å². The van der Waals surface area contributed by atoms with Gasteiger partial charge in [0.2, 0.25) is 20.1 Å². The zero-order valence-electron chi connectivity index (χ0n) is 29.0. The Balaban J connectivity index is 0.000000211. The first-order valence-electron chi connectivity index (χ1n) is 16.4. The number of fused-ring (bicyclic) bond motifs is 2. The average molecular weight is 804 g/mol. The van der Waals surface area contributed by atoms with E-state index in [4.69, 9.17) is 15.8 Å². The second-order valence-electron chi connectivity index (χ2n) is 12.3. The van der Waals surface area contributed by atoms with Crippen molar-refractivity contribution < 1.29 is 27.7 Å². The Kier molecular flexibility index (Phi) is 14.2. The molecule has 18 heteroatoms. The first kappa shape index (κ1) is 41.2. The van der Waals surface area contributed by atoms with Gasteiger partial charge in [-0.15, -0.1) is 0 Å². The minimum atomic E-state index is -1.67. The fraction of sp³-hybridized carbons (Fsp3) is 0.412. The third-order valence-corrected chi connectivity index (χ3v) is 9.31. The molecule has 2 aromatic heterocycles. The molecule has 2 aromatic carbocycles. The second-order valence-corrected chi connectivity index (χ2v) is 15.2. The lowest BCUT2D eigenvalue weighted by Gasteiger charge is -2.34. The van der Waals surface area contributed by atoms with Crippen LogP contribution < -0.4 is 20.7 Å². The molecular weight excluding hydrogens is 765 g/mol. The lowest BCUT2D eigenvalue weighted by molar-refractivity contribution is 0.0694. The number of halogens is 5. The van der Waals surface area contributed by atoms with Crippen LogP contribution in [0.3, 0.4) is 0 Å². The van der Waals surface area contributed by atoms with Gasteiger partial charge in [-0.05, 0) is 63.8 Å². The monoisotopic (exact) mass is 802 g/mol. The molecule has 4 heterocycles. The number of carbonyl (C=O) groups is 2. The van der Waals surface area contributed by atoms with Gasteiger partial charge in [-0.25, -0.2) is 17.8 Å². The van der Waals surface area contributed by atoms with Crippen LogP contribution in [0.15, 0.2) is 46.2 Å². The Morgan fingerprint density at radius 1 is 0.712 bits per heavy atom. The van der Waals surface area contributed by atoms with Crippen LogP contribution in [0.1, 0.15) is 34.6 Å². The van der Waals surface area contributed by atoms with Crippen LogP contribution in [0, 0.1) is 11.6 Å². The van der Waals surface area contributed by atoms with E-state index in [9.17, 15) is 33.1 Å². The Morgan fingerprint density at radius 3 is 1.38 bits per heavy atom. The quantitative estimate of drug-likeness (QED) is 0.268. The second kappa shape index (κ2) is 18.0. The highest BCUT2D eigenvalue weighted by Gasteiger charge is 2.23. The van der Waals surface area contributed by atoms with E-state index in [-0.39, 0.29) is 21.9 Å². The van der Waals surface area contributed by atoms with Crippen LogP contribution >= 0.6 is 33.0 Å². The molecule has 12 nitrogen and oxygen atoms in total. The molecule has 0 spiro atoms. The molecule has 2 fully saturated rings. The largest absolute Gasteiger partial charge is 0.477 e. The normalized spacial score (nSPS) is 15.3. The van der Waals surface area contributed by atoms with E-state index in [1.165, 1.54) is 24.5 Å². The molecule has 0 radical (unpaired) electrons. The number of pyridine rings is 2. The molecule has 52 heavy (non-hydrogen) atoms. The van der Waals surface area contributed by atoms with Crippen molar-refractivity contribution in [1.82, 2.24) is 18.9 Å². The highest BCUT2D eigenvalue weighted by molar-refractivity contribution is 8.26. The summed E-state index contributed by atoms with van der Waals surface area (Å²) in [6, 6.07) is 5.75. The Bertz CT molecular complexity index is 1970. The molecule has 0 amide bonds. The van der Waals surface area contributed by atoms with Gasteiger partial charge in [-0.1, -0.05) is 0 Å². The minimum absolute atomic E-state index is 0.104.